The van der Waals surface area contributed by atoms with Crippen LogP contribution in [0.15, 0.2) is 48.1 Å². The van der Waals surface area contributed by atoms with Gasteiger partial charge in [-0.2, -0.15) is 0 Å². The van der Waals surface area contributed by atoms with E-state index in [0.717, 1.165) is 11.1 Å². The van der Waals surface area contributed by atoms with Crippen LogP contribution in [0.3, 0.4) is 0 Å². The zero-order valence-electron chi connectivity index (χ0n) is 8.03. The van der Waals surface area contributed by atoms with Crippen molar-refractivity contribution in [3.05, 3.63) is 59.7 Å². The smallest absolute Gasteiger partial charge is 0.175 e. The molecular weight excluding hydrogens is 172 g/mol. The van der Waals surface area contributed by atoms with Crippen LogP contribution in [0.4, 0.5) is 0 Å². The second kappa shape index (κ2) is 3.62. The molecule has 1 heteroatoms. The predicted molar refractivity (Wildman–Crippen MR) is 55.8 cm³/mol. The van der Waals surface area contributed by atoms with Gasteiger partial charge in [0.05, 0.1) is 5.92 Å². The molecular formula is C13H11O. The van der Waals surface area contributed by atoms with Gasteiger partial charge in [0.1, 0.15) is 0 Å². The van der Waals surface area contributed by atoms with Gasteiger partial charge in [-0.25, -0.2) is 0 Å². The van der Waals surface area contributed by atoms with Crippen LogP contribution < -0.4 is 0 Å². The van der Waals surface area contributed by atoms with Gasteiger partial charge in [-0.3, -0.25) is 4.79 Å². The van der Waals surface area contributed by atoms with E-state index >= 15 is 0 Å². The molecule has 1 atom stereocenters. The van der Waals surface area contributed by atoms with Crippen molar-refractivity contribution in [3.63, 3.8) is 0 Å². The number of carbonyl (C=O) groups excluding carboxylic acids is 1. The SMILES string of the molecule is CC1=CC=[C]C(=O)C1c1ccccc1. The molecule has 1 aliphatic carbocycles. The van der Waals surface area contributed by atoms with Gasteiger partial charge in [-0.05, 0) is 12.5 Å². The van der Waals surface area contributed by atoms with Gasteiger partial charge < -0.3 is 0 Å². The molecule has 0 spiro atoms. The fraction of sp³-hybridized carbons (Fsp3) is 0.154. The minimum atomic E-state index is -0.124. The van der Waals surface area contributed by atoms with Gasteiger partial charge in [0, 0.05) is 6.08 Å². The third-order valence-electron chi connectivity index (χ3n) is 2.42. The molecule has 0 saturated carbocycles. The quantitative estimate of drug-likeness (QED) is 0.654. The van der Waals surface area contributed by atoms with E-state index in [1.807, 2.05) is 43.3 Å². The molecule has 1 aromatic carbocycles. The van der Waals surface area contributed by atoms with Crippen molar-refractivity contribution in [2.75, 3.05) is 0 Å². The fourth-order valence-electron chi connectivity index (χ4n) is 1.70. The summed E-state index contributed by atoms with van der Waals surface area (Å²) in [6.45, 7) is 1.98. The summed E-state index contributed by atoms with van der Waals surface area (Å²) in [7, 11) is 0. The zero-order valence-corrected chi connectivity index (χ0v) is 8.03. The summed E-state index contributed by atoms with van der Waals surface area (Å²) in [6, 6.07) is 9.82. The van der Waals surface area contributed by atoms with Gasteiger partial charge in [0.15, 0.2) is 5.78 Å². The molecule has 14 heavy (non-hydrogen) atoms. The number of hydrogen-bond donors (Lipinski definition) is 0. The number of carbonyl (C=O) groups is 1. The molecule has 1 aliphatic rings. The maximum Gasteiger partial charge on any atom is 0.175 e. The maximum atomic E-state index is 11.6. The van der Waals surface area contributed by atoms with Gasteiger partial charge in [-0.1, -0.05) is 48.1 Å². The molecule has 1 radical (unpaired) electrons. The Morgan fingerprint density at radius 1 is 1.21 bits per heavy atom. The largest absolute Gasteiger partial charge is 0.293 e. The van der Waals surface area contributed by atoms with Crippen LogP contribution in [-0.4, -0.2) is 5.78 Å². The van der Waals surface area contributed by atoms with E-state index in [9.17, 15) is 4.79 Å². The lowest BCUT2D eigenvalue weighted by Crippen LogP contribution is -2.14. The molecule has 69 valence electrons. The van der Waals surface area contributed by atoms with E-state index in [-0.39, 0.29) is 11.7 Å². The third-order valence-corrected chi connectivity index (χ3v) is 2.42. The Labute approximate surface area is 83.8 Å². The molecule has 0 saturated heterocycles. The van der Waals surface area contributed by atoms with Gasteiger partial charge in [0.2, 0.25) is 0 Å². The highest BCUT2D eigenvalue weighted by Gasteiger charge is 2.21. The van der Waals surface area contributed by atoms with Crippen molar-refractivity contribution in [1.82, 2.24) is 0 Å². The Morgan fingerprint density at radius 2 is 1.93 bits per heavy atom. The van der Waals surface area contributed by atoms with Crippen LogP contribution in [0.5, 0.6) is 0 Å². The average Bonchev–Trinajstić information content (AvgIpc) is 2.19. The summed E-state index contributed by atoms with van der Waals surface area (Å²) in [6.07, 6.45) is 6.36. The van der Waals surface area contributed by atoms with Crippen LogP contribution >= 0.6 is 0 Å². The lowest BCUT2D eigenvalue weighted by molar-refractivity contribution is -0.115. The Kier molecular flexibility index (Phi) is 2.32. The van der Waals surface area contributed by atoms with Crippen LogP contribution in [0.25, 0.3) is 0 Å². The summed E-state index contributed by atoms with van der Waals surface area (Å²) in [5.74, 6) is -0.0719. The molecule has 0 aliphatic heterocycles. The number of Topliss-reactive ketones (excluding diaryl/α,β-unsaturated/α-hetero) is 1. The lowest BCUT2D eigenvalue weighted by atomic mass is 9.85. The number of benzene rings is 1. The maximum absolute atomic E-state index is 11.6. The normalized spacial score (nSPS) is 20.8. The Morgan fingerprint density at radius 3 is 2.57 bits per heavy atom. The molecule has 1 unspecified atom stereocenters. The lowest BCUT2D eigenvalue weighted by Gasteiger charge is -2.17. The van der Waals surface area contributed by atoms with Crippen molar-refractivity contribution in [2.45, 2.75) is 12.8 Å². The second-order valence-corrected chi connectivity index (χ2v) is 3.43. The fourth-order valence-corrected chi connectivity index (χ4v) is 1.70. The first-order chi connectivity index (χ1) is 6.79. The molecule has 0 N–H and O–H groups in total. The molecule has 0 aromatic heterocycles. The average molecular weight is 183 g/mol. The zero-order chi connectivity index (χ0) is 9.97. The molecule has 1 nitrogen and oxygen atoms in total. The Balaban J connectivity index is 2.40. The summed E-state index contributed by atoms with van der Waals surface area (Å²) >= 11 is 0. The number of hydrogen-bond acceptors (Lipinski definition) is 1. The highest BCUT2D eigenvalue weighted by molar-refractivity contribution is 5.95. The predicted octanol–water partition coefficient (Wildman–Crippen LogP) is 2.66. The Hall–Kier alpha value is -1.63. The van der Waals surface area contributed by atoms with Crippen molar-refractivity contribution in [2.24, 2.45) is 0 Å². The second-order valence-electron chi connectivity index (χ2n) is 3.43. The van der Waals surface area contributed by atoms with Crippen LogP contribution in [0, 0.1) is 6.08 Å². The summed E-state index contributed by atoms with van der Waals surface area (Å²) in [4.78, 5) is 11.6. The standard InChI is InChI=1S/C13H11O/c1-10-6-5-9-12(14)13(10)11-7-3-2-4-8-11/h2-8,13H,1H3. The first-order valence-electron chi connectivity index (χ1n) is 4.64. The molecule has 0 fully saturated rings. The molecule has 0 amide bonds. The van der Waals surface area contributed by atoms with E-state index in [2.05, 4.69) is 6.08 Å². The molecule has 0 heterocycles. The van der Waals surface area contributed by atoms with Crippen molar-refractivity contribution >= 4 is 5.78 Å². The van der Waals surface area contributed by atoms with Crippen LogP contribution in [0.2, 0.25) is 0 Å². The van der Waals surface area contributed by atoms with Crippen molar-refractivity contribution in [3.8, 4) is 0 Å². The van der Waals surface area contributed by atoms with Crippen LogP contribution in [0.1, 0.15) is 18.4 Å². The first kappa shape index (κ1) is 8.95. The van der Waals surface area contributed by atoms with E-state index in [4.69, 9.17) is 0 Å². The topological polar surface area (TPSA) is 17.1 Å². The van der Waals surface area contributed by atoms with Crippen LogP contribution in [-0.2, 0) is 4.79 Å². The highest BCUT2D eigenvalue weighted by atomic mass is 16.1. The van der Waals surface area contributed by atoms with Gasteiger partial charge >= 0.3 is 0 Å². The van der Waals surface area contributed by atoms with Crippen molar-refractivity contribution in [1.29, 1.82) is 0 Å². The molecule has 2 rings (SSSR count). The number of allylic oxidation sites excluding steroid dienone is 4. The number of rotatable bonds is 1. The first-order valence-corrected chi connectivity index (χ1v) is 4.64. The van der Waals surface area contributed by atoms with E-state index < -0.39 is 0 Å². The highest BCUT2D eigenvalue weighted by Crippen LogP contribution is 2.27. The van der Waals surface area contributed by atoms with Gasteiger partial charge in [0.25, 0.3) is 0 Å². The van der Waals surface area contributed by atoms with Crippen molar-refractivity contribution < 1.29 is 4.79 Å². The van der Waals surface area contributed by atoms with E-state index in [1.54, 1.807) is 6.08 Å². The summed E-state index contributed by atoms with van der Waals surface area (Å²) in [5, 5.41) is 0. The summed E-state index contributed by atoms with van der Waals surface area (Å²) < 4.78 is 0. The van der Waals surface area contributed by atoms with E-state index in [1.165, 1.54) is 0 Å². The number of ketones is 1. The van der Waals surface area contributed by atoms with Gasteiger partial charge in [-0.15, -0.1) is 0 Å². The molecule has 1 aromatic rings. The Bertz CT molecular complexity index is 399. The monoisotopic (exact) mass is 183 g/mol. The molecule has 0 bridgehead atoms. The summed E-state index contributed by atoms with van der Waals surface area (Å²) in [5.41, 5.74) is 2.13. The minimum absolute atomic E-state index is 0.0520. The minimum Gasteiger partial charge on any atom is -0.293 e. The van der Waals surface area contributed by atoms with E-state index in [0.29, 0.717) is 0 Å². The third kappa shape index (κ3) is 1.53.